The highest BCUT2D eigenvalue weighted by Crippen LogP contribution is 2.28. The third-order valence-corrected chi connectivity index (χ3v) is 4.47. The van der Waals surface area contributed by atoms with Crippen LogP contribution < -0.4 is 10.1 Å². The molecule has 1 aromatic rings. The molecule has 20 heavy (non-hydrogen) atoms. The van der Waals surface area contributed by atoms with E-state index in [1.807, 2.05) is 0 Å². The molecule has 0 radical (unpaired) electrons. The minimum Gasteiger partial charge on any atom is -0.490 e. The zero-order valence-corrected chi connectivity index (χ0v) is 12.5. The summed E-state index contributed by atoms with van der Waals surface area (Å²) in [6.07, 6.45) is 5.35. The molecule has 2 fully saturated rings. The van der Waals surface area contributed by atoms with Crippen LogP contribution in [0.3, 0.4) is 0 Å². The Kier molecular flexibility index (Phi) is 4.58. The maximum atomic E-state index is 6.15. The molecule has 1 N–H and O–H groups in total. The molecule has 2 aliphatic rings. The SMILES string of the molecule is Cc1ccc(OC2CCC2)c(CCN2CCNCC2)c1. The quantitative estimate of drug-likeness (QED) is 0.892. The van der Waals surface area contributed by atoms with Gasteiger partial charge in [-0.1, -0.05) is 17.7 Å². The minimum absolute atomic E-state index is 0.468. The van der Waals surface area contributed by atoms with Gasteiger partial charge in [0.25, 0.3) is 0 Å². The Labute approximate surface area is 122 Å². The van der Waals surface area contributed by atoms with Crippen molar-refractivity contribution >= 4 is 0 Å². The van der Waals surface area contributed by atoms with Gasteiger partial charge in [0.2, 0.25) is 0 Å². The summed E-state index contributed by atoms with van der Waals surface area (Å²) in [4.78, 5) is 2.55. The van der Waals surface area contributed by atoms with Gasteiger partial charge in [-0.2, -0.15) is 0 Å². The minimum atomic E-state index is 0.468. The number of ether oxygens (including phenoxy) is 1. The molecule has 1 saturated carbocycles. The predicted molar refractivity (Wildman–Crippen MR) is 82.5 cm³/mol. The van der Waals surface area contributed by atoms with Gasteiger partial charge in [0, 0.05) is 32.7 Å². The van der Waals surface area contributed by atoms with Gasteiger partial charge in [0.15, 0.2) is 0 Å². The summed E-state index contributed by atoms with van der Waals surface area (Å²) in [6.45, 7) is 7.90. The summed E-state index contributed by atoms with van der Waals surface area (Å²) in [5.41, 5.74) is 2.72. The van der Waals surface area contributed by atoms with Crippen molar-refractivity contribution in [1.82, 2.24) is 10.2 Å². The van der Waals surface area contributed by atoms with Crippen LogP contribution in [0.1, 0.15) is 30.4 Å². The van der Waals surface area contributed by atoms with Crippen LogP contribution in [0.15, 0.2) is 18.2 Å². The molecule has 1 aliphatic carbocycles. The summed E-state index contributed by atoms with van der Waals surface area (Å²) >= 11 is 0. The molecule has 0 aromatic heterocycles. The van der Waals surface area contributed by atoms with Crippen molar-refractivity contribution in [2.24, 2.45) is 0 Å². The third kappa shape index (κ3) is 3.53. The summed E-state index contributed by atoms with van der Waals surface area (Å²) in [6, 6.07) is 6.64. The van der Waals surface area contributed by atoms with E-state index in [9.17, 15) is 0 Å². The van der Waals surface area contributed by atoms with Crippen LogP contribution >= 0.6 is 0 Å². The number of benzene rings is 1. The lowest BCUT2D eigenvalue weighted by molar-refractivity contribution is 0.118. The number of aryl methyl sites for hydroxylation is 1. The molecule has 110 valence electrons. The van der Waals surface area contributed by atoms with Crippen molar-refractivity contribution in [1.29, 1.82) is 0 Å². The van der Waals surface area contributed by atoms with Crippen LogP contribution in [0.5, 0.6) is 5.75 Å². The van der Waals surface area contributed by atoms with Crippen molar-refractivity contribution in [3.63, 3.8) is 0 Å². The smallest absolute Gasteiger partial charge is 0.122 e. The van der Waals surface area contributed by atoms with Crippen molar-refractivity contribution in [3.8, 4) is 5.75 Å². The molecule has 3 heteroatoms. The fraction of sp³-hybridized carbons (Fsp3) is 0.647. The van der Waals surface area contributed by atoms with Gasteiger partial charge < -0.3 is 15.0 Å². The molecule has 0 unspecified atom stereocenters. The maximum Gasteiger partial charge on any atom is 0.122 e. The summed E-state index contributed by atoms with van der Waals surface area (Å²) in [5, 5.41) is 3.41. The topological polar surface area (TPSA) is 24.5 Å². The number of piperazine rings is 1. The second-order valence-electron chi connectivity index (χ2n) is 6.12. The predicted octanol–water partition coefficient (Wildman–Crippen LogP) is 2.37. The van der Waals surface area contributed by atoms with E-state index in [4.69, 9.17) is 4.74 Å². The Morgan fingerprint density at radius 3 is 2.75 bits per heavy atom. The molecule has 0 spiro atoms. The molecule has 1 aliphatic heterocycles. The second kappa shape index (κ2) is 6.59. The normalized spacial score (nSPS) is 20.6. The van der Waals surface area contributed by atoms with E-state index in [-0.39, 0.29) is 0 Å². The Hall–Kier alpha value is -1.06. The molecule has 0 amide bonds. The number of nitrogens with one attached hydrogen (secondary N) is 1. The number of hydrogen-bond donors (Lipinski definition) is 1. The summed E-state index contributed by atoms with van der Waals surface area (Å²) < 4.78 is 6.15. The highest BCUT2D eigenvalue weighted by Gasteiger charge is 2.20. The first kappa shape index (κ1) is 13.9. The van der Waals surface area contributed by atoms with Gasteiger partial charge in [0.05, 0.1) is 6.10 Å². The van der Waals surface area contributed by atoms with E-state index >= 15 is 0 Å². The van der Waals surface area contributed by atoms with Gasteiger partial charge in [-0.05, 0) is 44.2 Å². The zero-order valence-electron chi connectivity index (χ0n) is 12.5. The molecule has 0 bridgehead atoms. The average molecular weight is 274 g/mol. The molecular weight excluding hydrogens is 248 g/mol. The van der Waals surface area contributed by atoms with Crippen LogP contribution in [0.2, 0.25) is 0 Å². The van der Waals surface area contributed by atoms with Gasteiger partial charge in [-0.15, -0.1) is 0 Å². The Morgan fingerprint density at radius 2 is 2.05 bits per heavy atom. The fourth-order valence-corrected chi connectivity index (χ4v) is 2.90. The van der Waals surface area contributed by atoms with E-state index in [1.165, 1.54) is 43.5 Å². The molecule has 1 aromatic carbocycles. The van der Waals surface area contributed by atoms with Gasteiger partial charge >= 0.3 is 0 Å². The average Bonchev–Trinajstić information content (AvgIpc) is 2.43. The fourth-order valence-electron chi connectivity index (χ4n) is 2.90. The number of rotatable bonds is 5. The van der Waals surface area contributed by atoms with Crippen LogP contribution in [-0.2, 0) is 6.42 Å². The molecular formula is C17H26N2O. The molecule has 1 heterocycles. The number of nitrogens with zero attached hydrogens (tertiary/aromatic N) is 1. The van der Waals surface area contributed by atoms with Crippen LogP contribution in [0.25, 0.3) is 0 Å². The summed E-state index contributed by atoms with van der Waals surface area (Å²) in [5.74, 6) is 1.12. The van der Waals surface area contributed by atoms with E-state index in [0.717, 1.165) is 31.8 Å². The molecule has 3 nitrogen and oxygen atoms in total. The zero-order chi connectivity index (χ0) is 13.8. The van der Waals surface area contributed by atoms with Crippen molar-refractivity contribution in [2.45, 2.75) is 38.7 Å². The van der Waals surface area contributed by atoms with Crippen LogP contribution in [0.4, 0.5) is 0 Å². The first-order valence-electron chi connectivity index (χ1n) is 8.00. The maximum absolute atomic E-state index is 6.15. The lowest BCUT2D eigenvalue weighted by atomic mass is 9.96. The molecule has 1 saturated heterocycles. The highest BCUT2D eigenvalue weighted by molar-refractivity contribution is 5.37. The first-order valence-corrected chi connectivity index (χ1v) is 8.00. The standard InChI is InChI=1S/C17H26N2O/c1-14-5-6-17(20-16-3-2-4-16)15(13-14)7-10-19-11-8-18-9-12-19/h5-6,13,16,18H,2-4,7-12H2,1H3. The second-order valence-corrected chi connectivity index (χ2v) is 6.12. The van der Waals surface area contributed by atoms with E-state index in [1.54, 1.807) is 0 Å². The Morgan fingerprint density at radius 1 is 1.25 bits per heavy atom. The lowest BCUT2D eigenvalue weighted by Crippen LogP contribution is -2.44. The Bertz CT molecular complexity index is 437. The van der Waals surface area contributed by atoms with Gasteiger partial charge in [-0.25, -0.2) is 0 Å². The van der Waals surface area contributed by atoms with Gasteiger partial charge in [0.1, 0.15) is 5.75 Å². The molecule has 0 atom stereocenters. The summed E-state index contributed by atoms with van der Waals surface area (Å²) in [7, 11) is 0. The van der Waals surface area contributed by atoms with Crippen molar-refractivity contribution in [2.75, 3.05) is 32.7 Å². The first-order chi connectivity index (χ1) is 9.81. The Balaban J connectivity index is 1.61. The van der Waals surface area contributed by atoms with E-state index < -0.39 is 0 Å². The highest BCUT2D eigenvalue weighted by atomic mass is 16.5. The van der Waals surface area contributed by atoms with Crippen molar-refractivity contribution < 1.29 is 4.74 Å². The lowest BCUT2D eigenvalue weighted by Gasteiger charge is -2.29. The molecule has 3 rings (SSSR count). The third-order valence-electron chi connectivity index (χ3n) is 4.47. The van der Waals surface area contributed by atoms with Crippen LogP contribution in [-0.4, -0.2) is 43.7 Å². The number of hydrogen-bond acceptors (Lipinski definition) is 3. The van der Waals surface area contributed by atoms with Crippen LogP contribution in [0, 0.1) is 6.92 Å². The van der Waals surface area contributed by atoms with E-state index in [2.05, 4.69) is 35.3 Å². The van der Waals surface area contributed by atoms with E-state index in [0.29, 0.717) is 6.10 Å². The monoisotopic (exact) mass is 274 g/mol. The van der Waals surface area contributed by atoms with Crippen molar-refractivity contribution in [3.05, 3.63) is 29.3 Å². The van der Waals surface area contributed by atoms with Gasteiger partial charge in [-0.3, -0.25) is 0 Å². The largest absolute Gasteiger partial charge is 0.490 e.